The van der Waals surface area contributed by atoms with Gasteiger partial charge in [0.2, 0.25) is 0 Å². The number of allylic oxidation sites excluding steroid dienone is 3. The molecule has 0 radical (unpaired) electrons. The van der Waals surface area contributed by atoms with Crippen molar-refractivity contribution in [1.29, 1.82) is 0 Å². The molecule has 0 bridgehead atoms. The monoisotopic (exact) mass is 518 g/mol. The van der Waals surface area contributed by atoms with E-state index in [2.05, 4.69) is 108 Å². The van der Waals surface area contributed by atoms with Gasteiger partial charge >= 0.3 is 161 Å². The molecule has 0 amide bonds. The molecule has 2 heteroatoms. The van der Waals surface area contributed by atoms with Gasteiger partial charge in [0, 0.05) is 0 Å². The predicted molar refractivity (Wildman–Crippen MR) is 107 cm³/mol. The molecule has 0 aromatic heterocycles. The van der Waals surface area contributed by atoms with E-state index in [1.54, 1.807) is 17.9 Å². The van der Waals surface area contributed by atoms with E-state index in [-0.39, 0.29) is 0 Å². The Kier molecular flexibility index (Phi) is 5.97. The molecule has 0 heterocycles. The van der Waals surface area contributed by atoms with Gasteiger partial charge in [-0.1, -0.05) is 0 Å². The second-order valence-electron chi connectivity index (χ2n) is 5.55. The quantitative estimate of drug-likeness (QED) is 0.345. The summed E-state index contributed by atoms with van der Waals surface area (Å²) >= 11 is 1.78. The van der Waals surface area contributed by atoms with Crippen molar-refractivity contribution < 1.29 is 17.9 Å². The number of hydrogen-bond donors (Lipinski definition) is 0. The van der Waals surface area contributed by atoms with Crippen LogP contribution in [0.4, 0.5) is 0 Å². The van der Waals surface area contributed by atoms with Crippen molar-refractivity contribution in [3.63, 3.8) is 0 Å². The Bertz CT molecular complexity index is 810. The molecular weight excluding hydrogens is 497 g/mol. The number of hydrogen-bond acceptors (Lipinski definition) is 0. The molecular formula is C23H19OsP+. The van der Waals surface area contributed by atoms with Gasteiger partial charge in [0.25, 0.3) is 0 Å². The maximum absolute atomic E-state index is 3.95. The first-order valence-electron chi connectivity index (χ1n) is 8.08. The zero-order valence-electron chi connectivity index (χ0n) is 13.8. The molecule has 0 aliphatic carbocycles. The first-order chi connectivity index (χ1) is 12.3. The summed E-state index contributed by atoms with van der Waals surface area (Å²) in [6, 6.07) is 32.4. The van der Waals surface area contributed by atoms with Crippen molar-refractivity contribution in [1.82, 2.24) is 0 Å². The third-order valence-electron chi connectivity index (χ3n) is 4.16. The topological polar surface area (TPSA) is 0 Å². The van der Waals surface area contributed by atoms with E-state index in [0.717, 1.165) is 0 Å². The molecule has 0 atom stereocenters. The summed E-state index contributed by atoms with van der Waals surface area (Å²) in [5.41, 5.74) is 0. The molecule has 3 aromatic carbocycles. The van der Waals surface area contributed by atoms with Crippen molar-refractivity contribution >= 4 is 23.2 Å². The van der Waals surface area contributed by atoms with Gasteiger partial charge in [0.15, 0.2) is 0 Å². The summed E-state index contributed by atoms with van der Waals surface area (Å²) in [4.78, 5) is 0. The molecule has 3 rings (SSSR count). The van der Waals surface area contributed by atoms with Gasteiger partial charge in [0.05, 0.1) is 0 Å². The van der Waals surface area contributed by atoms with Crippen LogP contribution < -0.4 is 15.9 Å². The SMILES string of the molecule is C=C/C=C(\[C]#[Os])[P+](c1ccccc1)(c1ccccc1)c1ccccc1. The van der Waals surface area contributed by atoms with Gasteiger partial charge < -0.3 is 0 Å². The van der Waals surface area contributed by atoms with E-state index in [9.17, 15) is 0 Å². The van der Waals surface area contributed by atoms with Crippen molar-refractivity contribution in [3.05, 3.63) is 115 Å². The Balaban J connectivity index is 2.47. The fraction of sp³-hybridized carbons (Fsp3) is 0. The van der Waals surface area contributed by atoms with Gasteiger partial charge in [-0.25, -0.2) is 0 Å². The molecule has 0 saturated carbocycles. The molecule has 0 aliphatic rings. The zero-order valence-corrected chi connectivity index (χ0v) is 17.3. The van der Waals surface area contributed by atoms with Crippen LogP contribution in [0.5, 0.6) is 0 Å². The van der Waals surface area contributed by atoms with E-state index in [1.165, 1.54) is 21.2 Å². The molecule has 0 unspecified atom stereocenters. The summed E-state index contributed by atoms with van der Waals surface area (Å²) in [6.07, 6.45) is 3.99. The summed E-state index contributed by atoms with van der Waals surface area (Å²) in [7, 11) is -1.99. The van der Waals surface area contributed by atoms with Crippen molar-refractivity contribution in [3.8, 4) is 4.37 Å². The zero-order chi connectivity index (χ0) is 17.5. The number of rotatable bonds is 5. The van der Waals surface area contributed by atoms with Crippen LogP contribution in [0.1, 0.15) is 0 Å². The van der Waals surface area contributed by atoms with Crippen LogP contribution >= 0.6 is 7.26 Å². The van der Waals surface area contributed by atoms with Crippen LogP contribution in [0.3, 0.4) is 0 Å². The van der Waals surface area contributed by atoms with E-state index in [1.807, 2.05) is 6.08 Å². The Labute approximate surface area is 160 Å². The summed E-state index contributed by atoms with van der Waals surface area (Å²) in [5, 5.41) is 5.21. The molecule has 3 aromatic rings. The first-order valence-corrected chi connectivity index (χ1v) is 11.1. The van der Waals surface area contributed by atoms with Gasteiger partial charge in [-0.15, -0.1) is 0 Å². The van der Waals surface area contributed by atoms with Crippen LogP contribution in [-0.4, -0.2) is 0 Å². The van der Waals surface area contributed by atoms with Crippen LogP contribution in [-0.2, 0) is 17.9 Å². The third kappa shape index (κ3) is 3.38. The van der Waals surface area contributed by atoms with Crippen LogP contribution in [0, 0.1) is 4.37 Å². The summed E-state index contributed by atoms with van der Waals surface area (Å²) in [5.74, 6) is 0. The fourth-order valence-corrected chi connectivity index (χ4v) is 8.66. The molecule has 123 valence electrons. The minimum atomic E-state index is -1.99. The standard InChI is InChI=1S/C23H19P.Os/c1-3-13-20(2)24(21-14-7-4-8-15-21,22-16-9-5-10-17-22)23-18-11-6-12-19-23;/h3-19H,1H2;/q+1;/b20-13+;. The van der Waals surface area contributed by atoms with Crippen LogP contribution in [0.2, 0.25) is 0 Å². The van der Waals surface area contributed by atoms with Crippen molar-refractivity contribution in [2.24, 2.45) is 0 Å². The molecule has 0 nitrogen and oxygen atoms in total. The Hall–Kier alpha value is -2.01. The molecule has 0 fully saturated rings. The summed E-state index contributed by atoms with van der Waals surface area (Å²) in [6.45, 7) is 3.95. The predicted octanol–water partition coefficient (Wildman–Crippen LogP) is 4.56. The summed E-state index contributed by atoms with van der Waals surface area (Å²) < 4.78 is 3.51. The number of benzene rings is 3. The average Bonchev–Trinajstić information content (AvgIpc) is 2.70. The Morgan fingerprint density at radius 1 is 0.720 bits per heavy atom. The van der Waals surface area contributed by atoms with Crippen LogP contribution in [0.15, 0.2) is 115 Å². The van der Waals surface area contributed by atoms with E-state index < -0.39 is 7.26 Å². The average molecular weight is 517 g/mol. The van der Waals surface area contributed by atoms with Crippen molar-refractivity contribution in [2.45, 2.75) is 0 Å². The molecule has 0 N–H and O–H groups in total. The second kappa shape index (κ2) is 8.38. The molecule has 0 aliphatic heterocycles. The van der Waals surface area contributed by atoms with Gasteiger partial charge in [-0.05, 0) is 0 Å². The Morgan fingerprint density at radius 2 is 1.08 bits per heavy atom. The van der Waals surface area contributed by atoms with E-state index >= 15 is 0 Å². The first kappa shape index (κ1) is 17.8. The molecule has 0 spiro atoms. The van der Waals surface area contributed by atoms with E-state index in [0.29, 0.717) is 0 Å². The van der Waals surface area contributed by atoms with E-state index in [4.69, 9.17) is 0 Å². The Morgan fingerprint density at radius 3 is 1.36 bits per heavy atom. The maximum atomic E-state index is 3.95. The van der Waals surface area contributed by atoms with Crippen LogP contribution in [0.25, 0.3) is 0 Å². The molecule has 0 saturated heterocycles. The third-order valence-corrected chi connectivity index (χ3v) is 9.55. The van der Waals surface area contributed by atoms with Gasteiger partial charge in [0.1, 0.15) is 0 Å². The normalized spacial score (nSPS) is 11.6. The fourth-order valence-electron chi connectivity index (χ4n) is 3.13. The molecule has 25 heavy (non-hydrogen) atoms. The second-order valence-corrected chi connectivity index (χ2v) is 9.56. The van der Waals surface area contributed by atoms with Gasteiger partial charge in [-0.3, -0.25) is 0 Å². The minimum absolute atomic E-state index is 1.21. The van der Waals surface area contributed by atoms with Gasteiger partial charge in [-0.2, -0.15) is 0 Å². The van der Waals surface area contributed by atoms with Crippen molar-refractivity contribution in [2.75, 3.05) is 0 Å².